The highest BCUT2D eigenvalue weighted by molar-refractivity contribution is 5.97. The predicted octanol–water partition coefficient (Wildman–Crippen LogP) is 1.91. The molecule has 1 aromatic carbocycles. The number of carbonyl (C=O) groups is 1. The van der Waals surface area contributed by atoms with Crippen LogP contribution in [0.25, 0.3) is 0 Å². The van der Waals surface area contributed by atoms with Gasteiger partial charge in [0.15, 0.2) is 0 Å². The number of amides is 1. The summed E-state index contributed by atoms with van der Waals surface area (Å²) in [6, 6.07) is 5.88. The summed E-state index contributed by atoms with van der Waals surface area (Å²) in [5.41, 5.74) is -0.309. The molecule has 1 amide bonds. The number of aromatic hydroxyl groups is 1. The van der Waals surface area contributed by atoms with Gasteiger partial charge in [0, 0.05) is 13.1 Å². The predicted molar refractivity (Wildman–Crippen MR) is 62.3 cm³/mol. The van der Waals surface area contributed by atoms with Crippen LogP contribution < -0.4 is 0 Å². The van der Waals surface area contributed by atoms with Crippen molar-refractivity contribution in [1.82, 2.24) is 4.90 Å². The molecule has 18 heavy (non-hydrogen) atoms. The van der Waals surface area contributed by atoms with Gasteiger partial charge in [0.25, 0.3) is 5.91 Å². The molecule has 4 nitrogen and oxygen atoms in total. The number of benzene rings is 1. The number of rotatable bonds is 1. The molecule has 1 fully saturated rings. The number of phenolic OH excluding ortho intramolecular Hbond substituents is 1. The van der Waals surface area contributed by atoms with E-state index in [2.05, 4.69) is 6.07 Å². The van der Waals surface area contributed by atoms with Crippen LogP contribution in [0.15, 0.2) is 18.2 Å². The molecule has 1 unspecified atom stereocenters. The average Bonchev–Trinajstić information content (AvgIpc) is 2.38. The zero-order valence-corrected chi connectivity index (χ0v) is 9.77. The van der Waals surface area contributed by atoms with E-state index < -0.39 is 11.7 Å². The van der Waals surface area contributed by atoms with Crippen LogP contribution in [0.3, 0.4) is 0 Å². The highest BCUT2D eigenvalue weighted by Gasteiger charge is 2.27. The van der Waals surface area contributed by atoms with E-state index in [4.69, 9.17) is 5.26 Å². The van der Waals surface area contributed by atoms with Gasteiger partial charge in [-0.3, -0.25) is 4.79 Å². The van der Waals surface area contributed by atoms with Crippen LogP contribution in [0.1, 0.15) is 23.2 Å². The summed E-state index contributed by atoms with van der Waals surface area (Å²) in [5, 5.41) is 18.4. The normalized spacial score (nSPS) is 19.3. The Labute approximate surface area is 104 Å². The monoisotopic (exact) mass is 248 g/mol. The maximum absolute atomic E-state index is 13.6. The molecule has 0 aromatic heterocycles. The van der Waals surface area contributed by atoms with Crippen molar-refractivity contribution in [2.75, 3.05) is 13.1 Å². The Bertz CT molecular complexity index is 490. The molecule has 94 valence electrons. The smallest absolute Gasteiger partial charge is 0.260 e. The Morgan fingerprint density at radius 3 is 3.00 bits per heavy atom. The van der Waals surface area contributed by atoms with E-state index in [0.29, 0.717) is 13.1 Å². The van der Waals surface area contributed by atoms with Crippen molar-refractivity contribution < 1.29 is 14.3 Å². The highest BCUT2D eigenvalue weighted by Crippen LogP contribution is 2.24. The number of hydrogen-bond acceptors (Lipinski definition) is 3. The number of halogens is 1. The number of nitrogens with zero attached hydrogens (tertiary/aromatic N) is 2. The van der Waals surface area contributed by atoms with Gasteiger partial charge in [-0.1, -0.05) is 6.07 Å². The lowest BCUT2D eigenvalue weighted by Gasteiger charge is -2.29. The van der Waals surface area contributed by atoms with Crippen molar-refractivity contribution in [2.24, 2.45) is 5.92 Å². The van der Waals surface area contributed by atoms with Gasteiger partial charge in [-0.25, -0.2) is 4.39 Å². The maximum atomic E-state index is 13.6. The third-order valence-electron chi connectivity index (χ3n) is 3.10. The Kier molecular flexibility index (Phi) is 3.47. The maximum Gasteiger partial charge on any atom is 0.260 e. The first-order valence-electron chi connectivity index (χ1n) is 5.80. The van der Waals surface area contributed by atoms with Crippen molar-refractivity contribution in [3.05, 3.63) is 29.6 Å². The quantitative estimate of drug-likeness (QED) is 0.825. The largest absolute Gasteiger partial charge is 0.507 e. The Morgan fingerprint density at radius 1 is 1.56 bits per heavy atom. The Balaban J connectivity index is 2.24. The summed E-state index contributed by atoms with van der Waals surface area (Å²) in [7, 11) is 0. The fraction of sp³-hybridized carbons (Fsp3) is 0.385. The summed E-state index contributed by atoms with van der Waals surface area (Å²) in [6.07, 6.45) is 1.47. The number of carbonyl (C=O) groups excluding carboxylic acids is 1. The van der Waals surface area contributed by atoms with Crippen LogP contribution >= 0.6 is 0 Å². The molecule has 1 aliphatic heterocycles. The van der Waals surface area contributed by atoms with Gasteiger partial charge < -0.3 is 10.0 Å². The lowest BCUT2D eigenvalue weighted by molar-refractivity contribution is 0.0690. The lowest BCUT2D eigenvalue weighted by Crippen LogP contribution is -2.39. The number of nitriles is 1. The number of phenols is 1. The van der Waals surface area contributed by atoms with E-state index in [1.807, 2.05) is 0 Å². The summed E-state index contributed by atoms with van der Waals surface area (Å²) in [6.45, 7) is 0.786. The summed E-state index contributed by atoms with van der Waals surface area (Å²) < 4.78 is 13.6. The zero-order valence-electron chi connectivity index (χ0n) is 9.77. The van der Waals surface area contributed by atoms with Gasteiger partial charge in [-0.2, -0.15) is 5.26 Å². The van der Waals surface area contributed by atoms with Gasteiger partial charge in [0.1, 0.15) is 17.1 Å². The molecule has 1 atom stereocenters. The molecule has 0 bridgehead atoms. The van der Waals surface area contributed by atoms with Gasteiger partial charge in [0.2, 0.25) is 0 Å². The van der Waals surface area contributed by atoms with Crippen LogP contribution in [0.2, 0.25) is 0 Å². The third kappa shape index (κ3) is 2.28. The second kappa shape index (κ2) is 5.05. The second-order valence-electron chi connectivity index (χ2n) is 4.35. The molecular weight excluding hydrogens is 235 g/mol. The molecule has 0 radical (unpaired) electrons. The summed E-state index contributed by atoms with van der Waals surface area (Å²) in [5.74, 6) is -1.86. The van der Waals surface area contributed by atoms with Crippen LogP contribution in [-0.4, -0.2) is 29.0 Å². The number of likely N-dealkylation sites (tertiary alicyclic amines) is 1. The molecule has 1 aromatic rings. The molecular formula is C13H13FN2O2. The highest BCUT2D eigenvalue weighted by atomic mass is 19.1. The summed E-state index contributed by atoms with van der Waals surface area (Å²) in [4.78, 5) is 13.5. The van der Waals surface area contributed by atoms with E-state index in [0.717, 1.165) is 18.9 Å². The van der Waals surface area contributed by atoms with Gasteiger partial charge in [-0.05, 0) is 25.0 Å². The van der Waals surface area contributed by atoms with Crippen LogP contribution in [-0.2, 0) is 0 Å². The first-order valence-corrected chi connectivity index (χ1v) is 5.80. The minimum atomic E-state index is -0.737. The van der Waals surface area contributed by atoms with E-state index in [9.17, 15) is 14.3 Å². The molecule has 1 heterocycles. The fourth-order valence-corrected chi connectivity index (χ4v) is 2.15. The second-order valence-corrected chi connectivity index (χ2v) is 4.35. The fourth-order valence-electron chi connectivity index (χ4n) is 2.15. The van der Waals surface area contributed by atoms with Crippen molar-refractivity contribution in [1.29, 1.82) is 5.26 Å². The van der Waals surface area contributed by atoms with Crippen molar-refractivity contribution in [3.63, 3.8) is 0 Å². The number of piperidine rings is 1. The SMILES string of the molecule is N#CC1CCCN(C(=O)c2c(O)cccc2F)C1. The number of hydrogen-bond donors (Lipinski definition) is 1. The lowest BCUT2D eigenvalue weighted by atomic mass is 9.99. The van der Waals surface area contributed by atoms with Gasteiger partial charge in [-0.15, -0.1) is 0 Å². The van der Waals surface area contributed by atoms with Crippen LogP contribution in [0.5, 0.6) is 5.75 Å². The molecule has 1 saturated heterocycles. The first kappa shape index (κ1) is 12.4. The summed E-state index contributed by atoms with van der Waals surface area (Å²) >= 11 is 0. The van der Waals surface area contributed by atoms with Crippen molar-refractivity contribution >= 4 is 5.91 Å². The third-order valence-corrected chi connectivity index (χ3v) is 3.10. The molecule has 5 heteroatoms. The average molecular weight is 248 g/mol. The molecule has 2 rings (SSSR count). The standard InChI is InChI=1S/C13H13FN2O2/c14-10-4-1-5-11(17)12(10)13(18)16-6-2-3-9(7-15)8-16/h1,4-5,9,17H,2-3,6,8H2. The zero-order chi connectivity index (χ0) is 13.1. The van der Waals surface area contributed by atoms with E-state index in [-0.39, 0.29) is 17.2 Å². The minimum absolute atomic E-state index is 0.211. The molecule has 1 N–H and O–H groups in total. The van der Waals surface area contributed by atoms with Gasteiger partial charge >= 0.3 is 0 Å². The molecule has 0 saturated carbocycles. The van der Waals surface area contributed by atoms with Crippen molar-refractivity contribution in [3.8, 4) is 11.8 Å². The molecule has 0 spiro atoms. The van der Waals surface area contributed by atoms with Crippen LogP contribution in [0, 0.1) is 23.1 Å². The van der Waals surface area contributed by atoms with Crippen molar-refractivity contribution in [2.45, 2.75) is 12.8 Å². The molecule has 0 aliphatic carbocycles. The van der Waals surface area contributed by atoms with Crippen LogP contribution in [0.4, 0.5) is 4.39 Å². The Morgan fingerprint density at radius 2 is 2.33 bits per heavy atom. The molecule has 1 aliphatic rings. The van der Waals surface area contributed by atoms with E-state index in [1.165, 1.54) is 17.0 Å². The minimum Gasteiger partial charge on any atom is -0.507 e. The van der Waals surface area contributed by atoms with Gasteiger partial charge in [0.05, 0.1) is 12.0 Å². The van der Waals surface area contributed by atoms with E-state index in [1.54, 1.807) is 0 Å². The Hall–Kier alpha value is -2.09. The topological polar surface area (TPSA) is 64.3 Å². The first-order chi connectivity index (χ1) is 8.63. The van der Waals surface area contributed by atoms with E-state index >= 15 is 0 Å².